The summed E-state index contributed by atoms with van der Waals surface area (Å²) in [4.78, 5) is 20.5. The maximum absolute atomic E-state index is 12.7. The second kappa shape index (κ2) is 8.93. The Morgan fingerprint density at radius 1 is 1.23 bits per heavy atom. The van der Waals surface area contributed by atoms with Crippen molar-refractivity contribution in [3.05, 3.63) is 81.8 Å². The second-order valence-corrected chi connectivity index (χ2v) is 8.82. The number of nitrogens with zero attached hydrogens (tertiary/aromatic N) is 2. The number of anilines is 1. The summed E-state index contributed by atoms with van der Waals surface area (Å²) < 4.78 is 0. The highest BCUT2D eigenvalue weighted by molar-refractivity contribution is 7.80. The molecule has 4 rings (SSSR count). The Kier molecular flexibility index (Phi) is 6.11. The summed E-state index contributed by atoms with van der Waals surface area (Å²) in [5.74, 6) is -0.0160. The zero-order valence-electron chi connectivity index (χ0n) is 17.0. The zero-order valence-corrected chi connectivity index (χ0v) is 18.6. The van der Waals surface area contributed by atoms with Crippen molar-refractivity contribution in [1.82, 2.24) is 15.2 Å². The van der Waals surface area contributed by atoms with Crippen LogP contribution in [0.3, 0.4) is 0 Å². The first-order valence-corrected chi connectivity index (χ1v) is 11.2. The van der Waals surface area contributed by atoms with Crippen LogP contribution in [0.5, 0.6) is 0 Å². The van der Waals surface area contributed by atoms with Gasteiger partial charge in [0.1, 0.15) is 0 Å². The topological polar surface area (TPSA) is 57.3 Å². The zero-order chi connectivity index (χ0) is 21.1. The number of aryl methyl sites for hydroxylation is 2. The molecule has 0 bridgehead atoms. The molecule has 1 fully saturated rings. The molecule has 1 amide bonds. The van der Waals surface area contributed by atoms with E-state index in [1.165, 1.54) is 4.88 Å². The van der Waals surface area contributed by atoms with E-state index in [-0.39, 0.29) is 18.0 Å². The number of thiophene rings is 1. The summed E-state index contributed by atoms with van der Waals surface area (Å²) in [5, 5.41) is 9.18. The van der Waals surface area contributed by atoms with Gasteiger partial charge >= 0.3 is 0 Å². The SMILES string of the molecule is Cc1ccc(C)c(NC(=O)CCN2C(=S)N[C@@H](c3ccccn3)[C@H]2c2cccs2)c1. The van der Waals surface area contributed by atoms with E-state index in [0.29, 0.717) is 18.1 Å². The van der Waals surface area contributed by atoms with Crippen LogP contribution in [0.4, 0.5) is 5.69 Å². The van der Waals surface area contributed by atoms with Crippen molar-refractivity contribution in [2.24, 2.45) is 0 Å². The average molecular weight is 437 g/mol. The van der Waals surface area contributed by atoms with Gasteiger partial charge in [0.05, 0.1) is 17.8 Å². The molecule has 0 aliphatic carbocycles. The number of rotatable bonds is 6. The molecule has 7 heteroatoms. The minimum atomic E-state index is -0.0422. The van der Waals surface area contributed by atoms with Crippen LogP contribution in [0.25, 0.3) is 0 Å². The molecule has 0 saturated carbocycles. The van der Waals surface area contributed by atoms with E-state index in [0.717, 1.165) is 22.5 Å². The fourth-order valence-electron chi connectivity index (χ4n) is 3.72. The van der Waals surface area contributed by atoms with Gasteiger partial charge in [0.15, 0.2) is 5.11 Å². The molecule has 0 unspecified atom stereocenters. The van der Waals surface area contributed by atoms with Gasteiger partial charge < -0.3 is 15.5 Å². The van der Waals surface area contributed by atoms with Crippen molar-refractivity contribution in [1.29, 1.82) is 0 Å². The molecule has 2 atom stereocenters. The molecule has 1 aliphatic heterocycles. The van der Waals surface area contributed by atoms with Crippen LogP contribution < -0.4 is 10.6 Å². The van der Waals surface area contributed by atoms with Crippen LogP contribution in [-0.4, -0.2) is 27.4 Å². The van der Waals surface area contributed by atoms with E-state index >= 15 is 0 Å². The van der Waals surface area contributed by atoms with Gasteiger partial charge in [-0.05, 0) is 66.8 Å². The number of benzene rings is 1. The van der Waals surface area contributed by atoms with Gasteiger partial charge in [-0.2, -0.15) is 0 Å². The van der Waals surface area contributed by atoms with Crippen LogP contribution in [0.15, 0.2) is 60.1 Å². The maximum atomic E-state index is 12.7. The predicted octanol–water partition coefficient (Wildman–Crippen LogP) is 4.76. The van der Waals surface area contributed by atoms with Crippen LogP contribution in [0, 0.1) is 13.8 Å². The molecule has 0 spiro atoms. The van der Waals surface area contributed by atoms with Gasteiger partial charge in [-0.3, -0.25) is 9.78 Å². The van der Waals surface area contributed by atoms with E-state index in [9.17, 15) is 4.79 Å². The molecule has 2 aromatic heterocycles. The van der Waals surface area contributed by atoms with Gasteiger partial charge in [-0.25, -0.2) is 0 Å². The lowest BCUT2D eigenvalue weighted by molar-refractivity contribution is -0.116. The normalized spacial score (nSPS) is 18.3. The Labute approximate surface area is 186 Å². The monoisotopic (exact) mass is 436 g/mol. The summed E-state index contributed by atoms with van der Waals surface area (Å²) in [6, 6.07) is 16.1. The quantitative estimate of drug-likeness (QED) is 0.546. The molecular weight excluding hydrogens is 412 g/mol. The second-order valence-electron chi connectivity index (χ2n) is 7.45. The summed E-state index contributed by atoms with van der Waals surface area (Å²) in [6.07, 6.45) is 2.15. The molecule has 1 saturated heterocycles. The third-order valence-corrected chi connectivity index (χ3v) is 6.57. The fraction of sp³-hybridized carbons (Fsp3) is 0.261. The van der Waals surface area contributed by atoms with E-state index < -0.39 is 0 Å². The lowest BCUT2D eigenvalue weighted by Gasteiger charge is -2.26. The van der Waals surface area contributed by atoms with Crippen molar-refractivity contribution in [2.75, 3.05) is 11.9 Å². The number of hydrogen-bond donors (Lipinski definition) is 2. The highest BCUT2D eigenvalue weighted by Gasteiger charge is 2.40. The number of hydrogen-bond acceptors (Lipinski definition) is 4. The standard InChI is InChI=1S/C23H24N4OS2/c1-15-8-9-16(2)18(14-15)25-20(28)10-12-27-22(19-7-5-13-30-19)21(26-23(27)29)17-6-3-4-11-24-17/h3-9,11,13-14,21-22H,10,12H2,1-2H3,(H,25,28)(H,26,29)/t21-,22+/m0/s1. The number of carbonyl (C=O) groups is 1. The highest BCUT2D eigenvalue weighted by atomic mass is 32.1. The molecule has 2 N–H and O–H groups in total. The molecule has 1 aliphatic rings. The molecular formula is C23H24N4OS2. The molecule has 5 nitrogen and oxygen atoms in total. The van der Waals surface area contributed by atoms with Gasteiger partial charge in [-0.1, -0.05) is 24.3 Å². The van der Waals surface area contributed by atoms with E-state index in [2.05, 4.69) is 32.0 Å². The molecule has 154 valence electrons. The molecule has 3 heterocycles. The van der Waals surface area contributed by atoms with Crippen LogP contribution in [0.2, 0.25) is 0 Å². The first-order chi connectivity index (χ1) is 14.5. The average Bonchev–Trinajstić information content (AvgIpc) is 3.37. The first-order valence-electron chi connectivity index (χ1n) is 9.91. The van der Waals surface area contributed by atoms with Gasteiger partial charge in [0.25, 0.3) is 0 Å². The van der Waals surface area contributed by atoms with Gasteiger partial charge in [0.2, 0.25) is 5.91 Å². The summed E-state index contributed by atoms with van der Waals surface area (Å²) in [5.41, 5.74) is 3.99. The van der Waals surface area contributed by atoms with E-state index in [4.69, 9.17) is 12.2 Å². The first kappa shape index (κ1) is 20.5. The lowest BCUT2D eigenvalue weighted by atomic mass is 10.0. The van der Waals surface area contributed by atoms with E-state index in [1.54, 1.807) is 17.5 Å². The Bertz CT molecular complexity index is 1040. The number of amides is 1. The van der Waals surface area contributed by atoms with Crippen molar-refractivity contribution in [2.45, 2.75) is 32.4 Å². The number of thiocarbonyl (C=S) groups is 1. The van der Waals surface area contributed by atoms with Gasteiger partial charge in [0, 0.05) is 29.7 Å². The summed E-state index contributed by atoms with van der Waals surface area (Å²) >= 11 is 7.34. The number of carbonyl (C=O) groups excluding carboxylic acids is 1. The Morgan fingerprint density at radius 2 is 2.10 bits per heavy atom. The number of aromatic nitrogens is 1. The molecule has 0 radical (unpaired) electrons. The summed E-state index contributed by atoms with van der Waals surface area (Å²) in [6.45, 7) is 4.56. The lowest BCUT2D eigenvalue weighted by Crippen LogP contribution is -2.32. The third-order valence-electron chi connectivity index (χ3n) is 5.28. The highest BCUT2D eigenvalue weighted by Crippen LogP contribution is 2.40. The number of nitrogens with one attached hydrogen (secondary N) is 2. The van der Waals surface area contributed by atoms with Crippen molar-refractivity contribution in [3.63, 3.8) is 0 Å². The van der Waals surface area contributed by atoms with Crippen LogP contribution in [0.1, 0.15) is 40.2 Å². The van der Waals surface area contributed by atoms with Crippen molar-refractivity contribution in [3.8, 4) is 0 Å². The van der Waals surface area contributed by atoms with Crippen LogP contribution in [-0.2, 0) is 4.79 Å². The Balaban J connectivity index is 1.50. The third kappa shape index (κ3) is 4.37. The maximum Gasteiger partial charge on any atom is 0.226 e. The summed E-state index contributed by atoms with van der Waals surface area (Å²) in [7, 11) is 0. The fourth-order valence-corrected chi connectivity index (χ4v) is 4.93. The van der Waals surface area contributed by atoms with Crippen molar-refractivity contribution < 1.29 is 4.79 Å². The minimum absolute atomic E-state index is 0.0147. The minimum Gasteiger partial charge on any atom is -0.352 e. The van der Waals surface area contributed by atoms with Crippen molar-refractivity contribution >= 4 is 40.3 Å². The molecule has 30 heavy (non-hydrogen) atoms. The van der Waals surface area contributed by atoms with E-state index in [1.807, 2.05) is 56.3 Å². The van der Waals surface area contributed by atoms with Gasteiger partial charge in [-0.15, -0.1) is 11.3 Å². The molecule has 1 aromatic carbocycles. The van der Waals surface area contributed by atoms with Crippen LogP contribution >= 0.6 is 23.6 Å². The predicted molar refractivity (Wildman–Crippen MR) is 126 cm³/mol. The Hall–Kier alpha value is -2.77. The largest absolute Gasteiger partial charge is 0.352 e. The Morgan fingerprint density at radius 3 is 2.83 bits per heavy atom. The number of pyridine rings is 1. The molecule has 3 aromatic rings. The smallest absolute Gasteiger partial charge is 0.226 e.